The van der Waals surface area contributed by atoms with Gasteiger partial charge in [-0.1, -0.05) is 0 Å². The number of nitrogens with one attached hydrogen (secondary N) is 1. The third-order valence-electron chi connectivity index (χ3n) is 1.95. The Morgan fingerprint density at radius 2 is 1.87 bits per heavy atom. The maximum absolute atomic E-state index is 13.4. The fraction of sp³-hybridized carbons (Fsp3) is 0. The lowest BCUT2D eigenvalue weighted by atomic mass is 10.2. The van der Waals surface area contributed by atoms with E-state index in [2.05, 4.69) is 10.3 Å². The van der Waals surface area contributed by atoms with Crippen LogP contribution in [-0.2, 0) is 0 Å². The van der Waals surface area contributed by atoms with Gasteiger partial charge in [-0.05, 0) is 30.3 Å². The third-order valence-corrected chi connectivity index (χ3v) is 1.95. The standard InChI is InChI=1S/C11H10FN3/c12-10-7-8(13)1-2-11(10)15-9-3-5-14-6-4-9/h1-7H,13H2,(H,14,15). The van der Waals surface area contributed by atoms with Crippen LogP contribution in [0, 0.1) is 5.82 Å². The Morgan fingerprint density at radius 1 is 1.13 bits per heavy atom. The van der Waals surface area contributed by atoms with Gasteiger partial charge in [0.1, 0.15) is 5.82 Å². The lowest BCUT2D eigenvalue weighted by molar-refractivity contribution is 0.632. The molecule has 3 nitrogen and oxygen atoms in total. The first-order valence-corrected chi connectivity index (χ1v) is 4.48. The predicted molar refractivity (Wildman–Crippen MR) is 58.3 cm³/mol. The van der Waals surface area contributed by atoms with Crippen LogP contribution in [0.4, 0.5) is 21.5 Å². The Labute approximate surface area is 86.8 Å². The van der Waals surface area contributed by atoms with Gasteiger partial charge in [0.2, 0.25) is 0 Å². The molecule has 1 aromatic heterocycles. The number of hydrogen-bond donors (Lipinski definition) is 2. The van der Waals surface area contributed by atoms with Crippen LogP contribution in [0.1, 0.15) is 0 Å². The quantitative estimate of drug-likeness (QED) is 0.737. The highest BCUT2D eigenvalue weighted by Crippen LogP contribution is 2.20. The van der Waals surface area contributed by atoms with E-state index >= 15 is 0 Å². The molecule has 2 aromatic rings. The molecule has 2 rings (SSSR count). The summed E-state index contributed by atoms with van der Waals surface area (Å²) in [6.45, 7) is 0. The van der Waals surface area contributed by atoms with Gasteiger partial charge < -0.3 is 11.1 Å². The first-order valence-electron chi connectivity index (χ1n) is 4.48. The second kappa shape index (κ2) is 3.96. The van der Waals surface area contributed by atoms with Gasteiger partial charge in [0.05, 0.1) is 5.69 Å². The highest BCUT2D eigenvalue weighted by Gasteiger charge is 2.01. The largest absolute Gasteiger partial charge is 0.399 e. The topological polar surface area (TPSA) is 50.9 Å². The molecule has 0 radical (unpaired) electrons. The van der Waals surface area contributed by atoms with Gasteiger partial charge in [-0.3, -0.25) is 4.98 Å². The second-order valence-electron chi connectivity index (χ2n) is 3.10. The Kier molecular flexibility index (Phi) is 2.49. The van der Waals surface area contributed by atoms with Gasteiger partial charge in [-0.15, -0.1) is 0 Å². The molecule has 15 heavy (non-hydrogen) atoms. The number of hydrogen-bond acceptors (Lipinski definition) is 3. The van der Waals surface area contributed by atoms with E-state index in [1.165, 1.54) is 6.07 Å². The fourth-order valence-corrected chi connectivity index (χ4v) is 1.22. The molecular formula is C11H10FN3. The normalized spacial score (nSPS) is 9.93. The lowest BCUT2D eigenvalue weighted by Crippen LogP contribution is -1.95. The molecule has 1 heterocycles. The van der Waals surface area contributed by atoms with Crippen molar-refractivity contribution < 1.29 is 4.39 Å². The molecule has 0 amide bonds. The molecule has 0 aliphatic heterocycles. The molecule has 0 bridgehead atoms. The van der Waals surface area contributed by atoms with Crippen LogP contribution in [-0.4, -0.2) is 4.98 Å². The monoisotopic (exact) mass is 203 g/mol. The summed E-state index contributed by atoms with van der Waals surface area (Å²) >= 11 is 0. The smallest absolute Gasteiger partial charge is 0.148 e. The number of rotatable bonds is 2. The number of nitrogen functional groups attached to an aromatic ring is 1. The van der Waals surface area contributed by atoms with Crippen molar-refractivity contribution in [3.05, 3.63) is 48.5 Å². The highest BCUT2D eigenvalue weighted by molar-refractivity contribution is 5.61. The minimum absolute atomic E-state index is 0.369. The minimum atomic E-state index is -0.369. The fourth-order valence-electron chi connectivity index (χ4n) is 1.22. The Morgan fingerprint density at radius 3 is 2.53 bits per heavy atom. The molecule has 0 spiro atoms. The summed E-state index contributed by atoms with van der Waals surface area (Å²) in [6.07, 6.45) is 3.27. The second-order valence-corrected chi connectivity index (χ2v) is 3.10. The average molecular weight is 203 g/mol. The molecule has 1 aromatic carbocycles. The highest BCUT2D eigenvalue weighted by atomic mass is 19.1. The van der Waals surface area contributed by atoms with Crippen molar-refractivity contribution in [2.45, 2.75) is 0 Å². The van der Waals surface area contributed by atoms with Crippen molar-refractivity contribution in [3.63, 3.8) is 0 Å². The molecule has 0 atom stereocenters. The van der Waals surface area contributed by atoms with Gasteiger partial charge in [-0.25, -0.2) is 4.39 Å². The van der Waals surface area contributed by atoms with E-state index in [-0.39, 0.29) is 5.82 Å². The lowest BCUT2D eigenvalue weighted by Gasteiger charge is -2.07. The maximum Gasteiger partial charge on any atom is 0.148 e. The summed E-state index contributed by atoms with van der Waals surface area (Å²) in [7, 11) is 0. The Hall–Kier alpha value is -2.10. The molecule has 4 heteroatoms. The maximum atomic E-state index is 13.4. The summed E-state index contributed by atoms with van der Waals surface area (Å²) < 4.78 is 13.4. The van der Waals surface area contributed by atoms with Gasteiger partial charge in [0, 0.05) is 23.8 Å². The number of benzene rings is 1. The van der Waals surface area contributed by atoms with Crippen LogP contribution in [0.25, 0.3) is 0 Å². The van der Waals surface area contributed by atoms with Gasteiger partial charge in [0.25, 0.3) is 0 Å². The Bertz CT molecular complexity index is 457. The predicted octanol–water partition coefficient (Wildman–Crippen LogP) is 2.55. The number of halogens is 1. The van der Waals surface area contributed by atoms with Crippen molar-refractivity contribution >= 4 is 17.1 Å². The zero-order chi connectivity index (χ0) is 10.7. The van der Waals surface area contributed by atoms with Crippen LogP contribution >= 0.6 is 0 Å². The molecule has 0 aliphatic rings. The van der Waals surface area contributed by atoms with Crippen molar-refractivity contribution in [1.29, 1.82) is 0 Å². The van der Waals surface area contributed by atoms with E-state index in [9.17, 15) is 4.39 Å². The van der Waals surface area contributed by atoms with Crippen molar-refractivity contribution in [2.75, 3.05) is 11.1 Å². The van der Waals surface area contributed by atoms with Crippen LogP contribution < -0.4 is 11.1 Å². The van der Waals surface area contributed by atoms with Gasteiger partial charge in [-0.2, -0.15) is 0 Å². The van der Waals surface area contributed by atoms with Crippen molar-refractivity contribution in [1.82, 2.24) is 4.98 Å². The van der Waals surface area contributed by atoms with Gasteiger partial charge >= 0.3 is 0 Å². The van der Waals surface area contributed by atoms with Crippen LogP contribution in [0.15, 0.2) is 42.7 Å². The van der Waals surface area contributed by atoms with Crippen molar-refractivity contribution in [3.8, 4) is 0 Å². The van der Waals surface area contributed by atoms with Crippen LogP contribution in [0.2, 0.25) is 0 Å². The van der Waals surface area contributed by atoms with E-state index < -0.39 is 0 Å². The summed E-state index contributed by atoms with van der Waals surface area (Å²) in [5.74, 6) is -0.369. The number of aromatic nitrogens is 1. The van der Waals surface area contributed by atoms with Gasteiger partial charge in [0.15, 0.2) is 0 Å². The minimum Gasteiger partial charge on any atom is -0.399 e. The molecule has 0 saturated carbocycles. The SMILES string of the molecule is Nc1ccc(Nc2ccncc2)c(F)c1. The van der Waals surface area contributed by atoms with E-state index in [0.29, 0.717) is 11.4 Å². The summed E-state index contributed by atoms with van der Waals surface area (Å²) in [5.41, 5.74) is 7.04. The van der Waals surface area contributed by atoms with E-state index in [0.717, 1.165) is 5.69 Å². The average Bonchev–Trinajstić information content (AvgIpc) is 2.24. The van der Waals surface area contributed by atoms with E-state index in [1.54, 1.807) is 36.7 Å². The molecule has 0 aliphatic carbocycles. The molecule has 0 fully saturated rings. The summed E-state index contributed by atoms with van der Waals surface area (Å²) in [5, 5.41) is 2.93. The van der Waals surface area contributed by atoms with E-state index in [1.807, 2.05) is 0 Å². The molecule has 76 valence electrons. The summed E-state index contributed by atoms with van der Waals surface area (Å²) in [4.78, 5) is 3.87. The summed E-state index contributed by atoms with van der Waals surface area (Å²) in [6, 6.07) is 8.05. The van der Waals surface area contributed by atoms with Crippen molar-refractivity contribution in [2.24, 2.45) is 0 Å². The molecule has 0 unspecified atom stereocenters. The van der Waals surface area contributed by atoms with Crippen LogP contribution in [0.5, 0.6) is 0 Å². The molecule has 0 saturated heterocycles. The number of nitrogens with two attached hydrogens (primary N) is 1. The number of pyridine rings is 1. The first-order chi connectivity index (χ1) is 7.25. The zero-order valence-corrected chi connectivity index (χ0v) is 7.94. The molecule has 3 N–H and O–H groups in total. The zero-order valence-electron chi connectivity index (χ0n) is 7.94. The Balaban J connectivity index is 2.25. The first kappa shape index (κ1) is 9.45. The van der Waals surface area contributed by atoms with Crippen LogP contribution in [0.3, 0.4) is 0 Å². The number of anilines is 3. The van der Waals surface area contributed by atoms with E-state index in [4.69, 9.17) is 5.73 Å². The number of nitrogens with zero attached hydrogens (tertiary/aromatic N) is 1. The third kappa shape index (κ3) is 2.22. The molecular weight excluding hydrogens is 193 g/mol.